The zero-order valence-corrected chi connectivity index (χ0v) is 10.9. The monoisotopic (exact) mass is 278 g/mol. The Bertz CT molecular complexity index is 1080. The number of hydrogen-bond donors (Lipinski definition) is 1. The third-order valence-electron chi connectivity index (χ3n) is 3.72. The first-order chi connectivity index (χ1) is 10.2. The number of nitrogens with zero attached hydrogens (tertiary/aromatic N) is 2. The normalized spacial score (nSPS) is 11.4. The molecule has 0 aliphatic heterocycles. The third kappa shape index (κ3) is 1.45. The fourth-order valence-electron chi connectivity index (χ4n) is 2.76. The second-order valence-electron chi connectivity index (χ2n) is 4.88. The van der Waals surface area contributed by atoms with Gasteiger partial charge in [-0.2, -0.15) is 9.46 Å². The van der Waals surface area contributed by atoms with Gasteiger partial charge in [-0.15, -0.1) is 0 Å². The number of hydrogen-bond acceptors (Lipinski definition) is 3. The summed E-state index contributed by atoms with van der Waals surface area (Å²) < 4.78 is 1.66. The molecule has 3 aromatic carbocycles. The van der Waals surface area contributed by atoms with Gasteiger partial charge >= 0.3 is 0 Å². The lowest BCUT2D eigenvalue weighted by Crippen LogP contribution is -2.30. The highest BCUT2D eigenvalue weighted by molar-refractivity contribution is 6.04. The van der Waals surface area contributed by atoms with E-state index in [-0.39, 0.29) is 16.5 Å². The molecule has 0 atom stereocenters. The molecule has 5 heteroatoms. The highest BCUT2D eigenvalue weighted by Gasteiger charge is 2.18. The van der Waals surface area contributed by atoms with Crippen LogP contribution in [0.15, 0.2) is 59.4 Å². The van der Waals surface area contributed by atoms with Gasteiger partial charge in [-0.3, -0.25) is 4.79 Å². The Balaban J connectivity index is 2.44. The van der Waals surface area contributed by atoms with Crippen LogP contribution in [0.3, 0.4) is 0 Å². The molecule has 0 aliphatic carbocycles. The first-order valence-electron chi connectivity index (χ1n) is 6.46. The van der Waals surface area contributed by atoms with Gasteiger partial charge in [0, 0.05) is 12.1 Å². The van der Waals surface area contributed by atoms with Gasteiger partial charge in [-0.1, -0.05) is 24.3 Å². The second kappa shape index (κ2) is 3.96. The molecule has 0 bridgehead atoms. The molecule has 0 spiro atoms. The quantitative estimate of drug-likeness (QED) is 0.176. The van der Waals surface area contributed by atoms with Crippen molar-refractivity contribution >= 4 is 32.8 Å². The summed E-state index contributed by atoms with van der Waals surface area (Å²) in [6, 6.07) is 14.9. The standard InChI is InChI=1S/C16H10N2O3/c19-14-7-3-4-10-8-9-13-16(15(10)14)18(21)12-6-2-1-5-11(12)17(13)20/h1-9,21H. The molecule has 0 unspecified atom stereocenters. The summed E-state index contributed by atoms with van der Waals surface area (Å²) in [6.45, 7) is 0. The Morgan fingerprint density at radius 3 is 2.62 bits per heavy atom. The van der Waals surface area contributed by atoms with Crippen molar-refractivity contribution in [2.45, 2.75) is 0 Å². The molecule has 102 valence electrons. The Morgan fingerprint density at radius 2 is 1.76 bits per heavy atom. The minimum absolute atomic E-state index is 0.226. The van der Waals surface area contributed by atoms with E-state index < -0.39 is 0 Å². The fourth-order valence-corrected chi connectivity index (χ4v) is 2.76. The van der Waals surface area contributed by atoms with E-state index in [1.165, 1.54) is 6.07 Å². The molecule has 1 N–H and O–H groups in total. The van der Waals surface area contributed by atoms with Crippen LogP contribution in [0, 0.1) is 5.21 Å². The zero-order valence-electron chi connectivity index (χ0n) is 10.9. The van der Waals surface area contributed by atoms with E-state index in [0.29, 0.717) is 21.8 Å². The first-order valence-corrected chi connectivity index (χ1v) is 6.46. The van der Waals surface area contributed by atoms with Crippen LogP contribution in [-0.2, 0) is 0 Å². The van der Waals surface area contributed by atoms with Crippen LogP contribution in [0.5, 0.6) is 0 Å². The van der Waals surface area contributed by atoms with Gasteiger partial charge in [0.2, 0.25) is 11.0 Å². The van der Waals surface area contributed by atoms with Crippen LogP contribution >= 0.6 is 0 Å². The summed E-state index contributed by atoms with van der Waals surface area (Å²) in [5, 5.41) is 24.0. The lowest BCUT2D eigenvalue weighted by Gasteiger charge is -2.11. The second-order valence-corrected chi connectivity index (χ2v) is 4.88. The van der Waals surface area contributed by atoms with Crippen molar-refractivity contribution < 1.29 is 9.94 Å². The molecule has 1 heterocycles. The maximum absolute atomic E-state index is 12.5. The molecule has 21 heavy (non-hydrogen) atoms. The number of para-hydroxylation sites is 2. The van der Waals surface area contributed by atoms with Crippen LogP contribution in [0.1, 0.15) is 0 Å². The molecule has 0 aliphatic rings. The molecular weight excluding hydrogens is 268 g/mol. The Kier molecular flexibility index (Phi) is 2.21. The van der Waals surface area contributed by atoms with E-state index in [2.05, 4.69) is 0 Å². The van der Waals surface area contributed by atoms with Crippen molar-refractivity contribution in [3.8, 4) is 0 Å². The molecule has 5 nitrogen and oxygen atoms in total. The molecule has 0 saturated carbocycles. The maximum atomic E-state index is 12.5. The van der Waals surface area contributed by atoms with E-state index in [4.69, 9.17) is 0 Å². The predicted octanol–water partition coefficient (Wildman–Crippen LogP) is 2.18. The van der Waals surface area contributed by atoms with E-state index in [9.17, 15) is 15.2 Å². The van der Waals surface area contributed by atoms with Crippen molar-refractivity contribution in [2.24, 2.45) is 0 Å². The SMILES string of the molecule is O=c1cccc2ccc3c(c12)n(O)c1ccccc1[n+]3[O-]. The predicted molar refractivity (Wildman–Crippen MR) is 79.4 cm³/mol. The third-order valence-corrected chi connectivity index (χ3v) is 3.72. The average Bonchev–Trinajstić information content (AvgIpc) is 2.52. The van der Waals surface area contributed by atoms with E-state index in [1.54, 1.807) is 48.5 Å². The highest BCUT2D eigenvalue weighted by Crippen LogP contribution is 2.23. The van der Waals surface area contributed by atoms with Gasteiger partial charge < -0.3 is 10.4 Å². The molecule has 1 aromatic heterocycles. The van der Waals surface area contributed by atoms with Crippen molar-refractivity contribution in [2.75, 3.05) is 0 Å². The molecule has 4 rings (SSSR count). The van der Waals surface area contributed by atoms with Gasteiger partial charge in [-0.25, -0.2) is 0 Å². The molecule has 0 amide bonds. The van der Waals surface area contributed by atoms with Crippen LogP contribution in [0.2, 0.25) is 0 Å². The minimum atomic E-state index is -0.226. The van der Waals surface area contributed by atoms with Gasteiger partial charge in [0.15, 0.2) is 16.5 Å². The van der Waals surface area contributed by atoms with Crippen molar-refractivity contribution in [1.82, 2.24) is 4.73 Å². The topological polar surface area (TPSA) is 69.2 Å². The summed E-state index contributed by atoms with van der Waals surface area (Å²) in [4.78, 5) is 12.2. The van der Waals surface area contributed by atoms with E-state index >= 15 is 0 Å². The molecule has 4 aromatic rings. The van der Waals surface area contributed by atoms with Gasteiger partial charge in [0.25, 0.3) is 0 Å². The maximum Gasteiger partial charge on any atom is 0.245 e. The smallest absolute Gasteiger partial charge is 0.245 e. The Morgan fingerprint density at radius 1 is 0.952 bits per heavy atom. The molecule has 0 radical (unpaired) electrons. The largest absolute Gasteiger partial charge is 0.618 e. The van der Waals surface area contributed by atoms with Crippen LogP contribution in [0.25, 0.3) is 32.8 Å². The van der Waals surface area contributed by atoms with Gasteiger partial charge in [0.05, 0.1) is 5.39 Å². The van der Waals surface area contributed by atoms with E-state index in [1.807, 2.05) is 0 Å². The van der Waals surface area contributed by atoms with Crippen LogP contribution in [0.4, 0.5) is 0 Å². The summed E-state index contributed by atoms with van der Waals surface area (Å²) in [6.07, 6.45) is 0. The van der Waals surface area contributed by atoms with Crippen LogP contribution < -0.4 is 10.2 Å². The number of fused-ring (bicyclic) bond motifs is 4. The highest BCUT2D eigenvalue weighted by atomic mass is 16.5. The zero-order chi connectivity index (χ0) is 14.6. The van der Waals surface area contributed by atoms with Crippen molar-refractivity contribution in [3.05, 3.63) is 70.0 Å². The van der Waals surface area contributed by atoms with Crippen molar-refractivity contribution in [3.63, 3.8) is 0 Å². The van der Waals surface area contributed by atoms with Gasteiger partial charge in [0.1, 0.15) is 0 Å². The number of aromatic nitrogens is 2. The molecular formula is C16H10N2O3. The fraction of sp³-hybridized carbons (Fsp3) is 0. The minimum Gasteiger partial charge on any atom is -0.618 e. The summed E-state index contributed by atoms with van der Waals surface area (Å²) >= 11 is 0. The number of benzene rings is 3. The summed E-state index contributed by atoms with van der Waals surface area (Å²) in [7, 11) is 0. The van der Waals surface area contributed by atoms with E-state index in [0.717, 1.165) is 9.46 Å². The lowest BCUT2D eigenvalue weighted by molar-refractivity contribution is -0.548. The molecule has 0 fully saturated rings. The summed E-state index contributed by atoms with van der Waals surface area (Å²) in [5.41, 5.74) is 0.959. The average molecular weight is 278 g/mol. The lowest BCUT2D eigenvalue weighted by atomic mass is 10.1. The van der Waals surface area contributed by atoms with Crippen molar-refractivity contribution in [1.29, 1.82) is 0 Å². The Labute approximate surface area is 118 Å². The number of rotatable bonds is 0. The summed E-state index contributed by atoms with van der Waals surface area (Å²) in [5.74, 6) is 0. The Hall–Kier alpha value is -3.08. The van der Waals surface area contributed by atoms with Crippen LogP contribution in [-0.4, -0.2) is 9.94 Å². The van der Waals surface area contributed by atoms with Gasteiger partial charge in [-0.05, 0) is 23.6 Å². The first kappa shape index (κ1) is 11.7. The molecule has 0 saturated heterocycles.